The molecule has 0 aromatic heterocycles. The Labute approximate surface area is 47.5 Å². The van der Waals surface area contributed by atoms with Gasteiger partial charge in [-0.3, -0.25) is 4.29 Å². The Bertz CT molecular complexity index is 66.7. The second-order valence-corrected chi connectivity index (χ2v) is 1.87. The number of epoxide rings is 1. The first kappa shape index (κ1) is 5.35. The smallest absolute Gasteiger partial charge is 0.109 e. The maximum Gasteiger partial charge on any atom is 0.109 e. The van der Waals surface area contributed by atoms with Crippen LogP contribution in [0.2, 0.25) is 0 Å². The maximum absolute atomic E-state index is 4.95. The van der Waals surface area contributed by atoms with Crippen LogP contribution in [0.4, 0.5) is 0 Å². The van der Waals surface area contributed by atoms with Gasteiger partial charge in [-0.2, -0.15) is 0 Å². The number of hydrogen-bond donors (Lipinski definition) is 0. The molecule has 1 rings (SSSR count). The van der Waals surface area contributed by atoms with E-state index in [1.165, 1.54) is 0 Å². The van der Waals surface area contributed by atoms with E-state index >= 15 is 0 Å². The van der Waals surface area contributed by atoms with E-state index in [1.54, 1.807) is 0 Å². The summed E-state index contributed by atoms with van der Waals surface area (Å²) in [5, 5.41) is 0. The van der Waals surface area contributed by atoms with Crippen molar-refractivity contribution in [1.29, 1.82) is 0 Å². The van der Waals surface area contributed by atoms with Gasteiger partial charge in [0, 0.05) is 0 Å². The molecule has 1 saturated heterocycles. The van der Waals surface area contributed by atoms with Gasteiger partial charge in [0.2, 0.25) is 0 Å². The van der Waals surface area contributed by atoms with Gasteiger partial charge in [0.25, 0.3) is 0 Å². The predicted octanol–water partition coefficient (Wildman–Crippen LogP) is 0.944. The largest absolute Gasteiger partial charge is 0.367 e. The van der Waals surface area contributed by atoms with E-state index in [1.807, 2.05) is 6.92 Å². The normalized spacial score (nSPS) is 38.6. The third-order valence-electron chi connectivity index (χ3n) is 1.06. The molecule has 2 nitrogen and oxygen atoms in total. The van der Waals surface area contributed by atoms with Crippen LogP contribution in [-0.2, 0) is 9.03 Å². The number of hydrogen-bond acceptors (Lipinski definition) is 2. The fourth-order valence-corrected chi connectivity index (χ4v) is 0.591. The zero-order valence-electron chi connectivity index (χ0n) is 4.06. The minimum Gasteiger partial charge on any atom is -0.367 e. The van der Waals surface area contributed by atoms with E-state index in [9.17, 15) is 0 Å². The van der Waals surface area contributed by atoms with E-state index in [4.69, 9.17) is 16.6 Å². The molecule has 42 valence electrons. The average Bonchev–Trinajstić information content (AvgIpc) is 2.22. The van der Waals surface area contributed by atoms with Crippen molar-refractivity contribution in [2.24, 2.45) is 0 Å². The molecule has 1 fully saturated rings. The van der Waals surface area contributed by atoms with Gasteiger partial charge in [0.1, 0.15) is 6.10 Å². The van der Waals surface area contributed by atoms with Crippen LogP contribution in [0.25, 0.3) is 0 Å². The van der Waals surface area contributed by atoms with Crippen LogP contribution in [0.15, 0.2) is 0 Å². The van der Waals surface area contributed by atoms with Crippen molar-refractivity contribution in [2.75, 3.05) is 6.61 Å². The van der Waals surface area contributed by atoms with Crippen LogP contribution in [0, 0.1) is 0 Å². The molecule has 0 radical (unpaired) electrons. The molecular formula is C4H7ClO2. The van der Waals surface area contributed by atoms with Crippen LogP contribution < -0.4 is 0 Å². The average molecular weight is 123 g/mol. The third kappa shape index (κ3) is 1.30. The summed E-state index contributed by atoms with van der Waals surface area (Å²) in [7, 11) is 0. The SMILES string of the molecule is C[C@@H]1O[C@H]1COCl. The Morgan fingerprint density at radius 1 is 1.86 bits per heavy atom. The molecular weight excluding hydrogens is 115 g/mol. The molecule has 0 amide bonds. The Kier molecular flexibility index (Phi) is 1.52. The highest BCUT2D eigenvalue weighted by atomic mass is 35.5. The third-order valence-corrected chi connectivity index (χ3v) is 1.19. The summed E-state index contributed by atoms with van der Waals surface area (Å²) < 4.78 is 9.23. The number of ether oxygens (including phenoxy) is 1. The Morgan fingerprint density at radius 3 is 2.57 bits per heavy atom. The van der Waals surface area contributed by atoms with Gasteiger partial charge in [0.15, 0.2) is 0 Å². The van der Waals surface area contributed by atoms with Gasteiger partial charge in [-0.1, -0.05) is 0 Å². The second kappa shape index (κ2) is 1.99. The predicted molar refractivity (Wildman–Crippen MR) is 26.1 cm³/mol. The van der Waals surface area contributed by atoms with E-state index in [-0.39, 0.29) is 6.10 Å². The van der Waals surface area contributed by atoms with Crippen molar-refractivity contribution in [2.45, 2.75) is 19.1 Å². The quantitative estimate of drug-likeness (QED) is 0.509. The van der Waals surface area contributed by atoms with Crippen molar-refractivity contribution in [3.63, 3.8) is 0 Å². The zero-order chi connectivity index (χ0) is 5.28. The first-order chi connectivity index (χ1) is 3.34. The van der Waals surface area contributed by atoms with Crippen molar-refractivity contribution in [1.82, 2.24) is 0 Å². The summed E-state index contributed by atoms with van der Waals surface area (Å²) in [5.41, 5.74) is 0. The molecule has 0 saturated carbocycles. The van der Waals surface area contributed by atoms with Crippen molar-refractivity contribution < 1.29 is 9.03 Å². The summed E-state index contributed by atoms with van der Waals surface area (Å²) in [4.78, 5) is 0. The molecule has 0 bridgehead atoms. The van der Waals surface area contributed by atoms with Crippen molar-refractivity contribution in [3.05, 3.63) is 0 Å². The highest BCUT2D eigenvalue weighted by molar-refractivity contribution is 6.07. The first-order valence-corrected chi connectivity index (χ1v) is 2.54. The van der Waals surface area contributed by atoms with E-state index in [0.717, 1.165) is 0 Å². The number of halogens is 1. The molecule has 2 atom stereocenters. The van der Waals surface area contributed by atoms with Gasteiger partial charge in [0.05, 0.1) is 24.6 Å². The zero-order valence-corrected chi connectivity index (χ0v) is 4.81. The molecule has 7 heavy (non-hydrogen) atoms. The number of rotatable bonds is 2. The van der Waals surface area contributed by atoms with Gasteiger partial charge in [-0.05, 0) is 6.92 Å². The van der Waals surface area contributed by atoms with Crippen LogP contribution in [0.3, 0.4) is 0 Å². The van der Waals surface area contributed by atoms with Crippen LogP contribution in [0.5, 0.6) is 0 Å². The molecule has 0 aromatic carbocycles. The molecule has 3 heteroatoms. The molecule has 0 spiro atoms. The van der Waals surface area contributed by atoms with E-state index in [2.05, 4.69) is 4.29 Å². The van der Waals surface area contributed by atoms with E-state index in [0.29, 0.717) is 12.7 Å². The highest BCUT2D eigenvalue weighted by Crippen LogP contribution is 2.20. The second-order valence-electron chi connectivity index (χ2n) is 1.66. The summed E-state index contributed by atoms with van der Waals surface area (Å²) in [6.45, 7) is 2.50. The van der Waals surface area contributed by atoms with Gasteiger partial charge < -0.3 is 4.74 Å². The van der Waals surface area contributed by atoms with E-state index < -0.39 is 0 Å². The minimum atomic E-state index is 0.262. The molecule has 0 unspecified atom stereocenters. The topological polar surface area (TPSA) is 21.8 Å². The van der Waals surface area contributed by atoms with Crippen molar-refractivity contribution in [3.8, 4) is 0 Å². The molecule has 1 heterocycles. The lowest BCUT2D eigenvalue weighted by Gasteiger charge is -1.82. The van der Waals surface area contributed by atoms with Gasteiger partial charge in [-0.15, -0.1) is 0 Å². The first-order valence-electron chi connectivity index (χ1n) is 2.23. The standard InChI is InChI=1S/C4H7ClO2/c1-3-4(7-3)2-6-5/h3-4H,2H2,1H3/t3-,4-/m0/s1. The lowest BCUT2D eigenvalue weighted by molar-refractivity contribution is 0.279. The Hall–Kier alpha value is 0.210. The lowest BCUT2D eigenvalue weighted by Crippen LogP contribution is -1.95. The van der Waals surface area contributed by atoms with Crippen LogP contribution >= 0.6 is 11.9 Å². The Morgan fingerprint density at radius 2 is 2.43 bits per heavy atom. The van der Waals surface area contributed by atoms with Gasteiger partial charge >= 0.3 is 0 Å². The summed E-state index contributed by atoms with van der Waals surface area (Å²) in [6.07, 6.45) is 0.622. The summed E-state index contributed by atoms with van der Waals surface area (Å²) in [5.74, 6) is 0. The molecule has 0 N–H and O–H groups in total. The van der Waals surface area contributed by atoms with Gasteiger partial charge in [-0.25, -0.2) is 0 Å². The van der Waals surface area contributed by atoms with Crippen LogP contribution in [-0.4, -0.2) is 18.8 Å². The monoisotopic (exact) mass is 122 g/mol. The fourth-order valence-electron chi connectivity index (χ4n) is 0.467. The molecule has 0 aromatic rings. The molecule has 1 aliphatic rings. The minimum absolute atomic E-state index is 0.262. The molecule has 1 aliphatic heterocycles. The lowest BCUT2D eigenvalue weighted by atomic mass is 10.4. The Balaban J connectivity index is 1.98. The summed E-state index contributed by atoms with van der Waals surface area (Å²) >= 11 is 4.92. The fraction of sp³-hybridized carbons (Fsp3) is 1.00. The van der Waals surface area contributed by atoms with Crippen LogP contribution in [0.1, 0.15) is 6.92 Å². The maximum atomic E-state index is 4.95. The molecule has 0 aliphatic carbocycles. The van der Waals surface area contributed by atoms with Crippen molar-refractivity contribution >= 4 is 11.9 Å². The highest BCUT2D eigenvalue weighted by Gasteiger charge is 2.33. The summed E-state index contributed by atoms with van der Waals surface area (Å²) in [6, 6.07) is 0.